The van der Waals surface area contributed by atoms with Crippen LogP contribution in [0.5, 0.6) is 17.2 Å². The van der Waals surface area contributed by atoms with Crippen LogP contribution in [0, 0.1) is 6.92 Å². The van der Waals surface area contributed by atoms with Crippen LogP contribution in [0.1, 0.15) is 36.1 Å². The Balaban J connectivity index is 1.62. The monoisotopic (exact) mass is 524 g/mol. The first-order chi connectivity index (χ1) is 16.5. The van der Waals surface area contributed by atoms with Crippen molar-refractivity contribution in [3.8, 4) is 17.2 Å². The Morgan fingerprint density at radius 2 is 1.62 bits per heavy atom. The van der Waals surface area contributed by atoms with Crippen molar-refractivity contribution in [2.24, 2.45) is 5.10 Å². The van der Waals surface area contributed by atoms with E-state index in [2.05, 4.69) is 45.5 Å². The molecular weight excluding hydrogens is 496 g/mol. The molecule has 0 heterocycles. The zero-order valence-electron chi connectivity index (χ0n) is 19.6. The van der Waals surface area contributed by atoms with E-state index in [0.29, 0.717) is 31.3 Å². The van der Waals surface area contributed by atoms with Gasteiger partial charge in [-0.1, -0.05) is 42.0 Å². The van der Waals surface area contributed by atoms with E-state index in [9.17, 15) is 4.79 Å². The molecule has 3 aromatic carbocycles. The van der Waals surface area contributed by atoms with Gasteiger partial charge < -0.3 is 14.2 Å². The summed E-state index contributed by atoms with van der Waals surface area (Å²) in [6.45, 7) is 7.42. The second-order valence-corrected chi connectivity index (χ2v) is 8.44. The second kappa shape index (κ2) is 12.8. The molecular formula is C27H29BrN2O4. The Bertz CT molecular complexity index is 1110. The van der Waals surface area contributed by atoms with Crippen molar-refractivity contribution in [3.05, 3.63) is 87.4 Å². The summed E-state index contributed by atoms with van der Waals surface area (Å²) in [7, 11) is 0. The molecule has 0 saturated carbocycles. The predicted molar refractivity (Wildman–Crippen MR) is 138 cm³/mol. The number of hydrogen-bond acceptors (Lipinski definition) is 5. The predicted octanol–water partition coefficient (Wildman–Crippen LogP) is 5.83. The maximum absolute atomic E-state index is 12.2. The van der Waals surface area contributed by atoms with Gasteiger partial charge in [-0.25, -0.2) is 5.43 Å². The van der Waals surface area contributed by atoms with Crippen molar-refractivity contribution in [1.82, 2.24) is 5.43 Å². The van der Waals surface area contributed by atoms with Gasteiger partial charge in [0.05, 0.1) is 30.3 Å². The molecule has 0 spiro atoms. The summed E-state index contributed by atoms with van der Waals surface area (Å²) in [5.74, 6) is 1.81. The minimum Gasteiger partial charge on any atom is -0.494 e. The standard InChI is InChI=1S/C27H29BrN2O4/c1-4-32-23-12-10-20(11-13-23)16-26(31)30-29-17-22-14-24(28)27(25(15-22)33-5-2)34-18-21-8-6-19(3)7-9-21/h6-15,17H,4-5,16,18H2,1-3H3,(H,30,31)/b29-17-. The maximum atomic E-state index is 12.2. The highest BCUT2D eigenvalue weighted by atomic mass is 79.9. The third kappa shape index (κ3) is 7.63. The first-order valence-corrected chi connectivity index (χ1v) is 12.0. The van der Waals surface area contributed by atoms with Crippen LogP contribution in [0.3, 0.4) is 0 Å². The average Bonchev–Trinajstić information content (AvgIpc) is 2.81. The van der Waals surface area contributed by atoms with Gasteiger partial charge in [-0.2, -0.15) is 5.10 Å². The van der Waals surface area contributed by atoms with E-state index in [1.165, 1.54) is 5.56 Å². The molecule has 178 valence electrons. The Kier molecular flexibility index (Phi) is 9.52. The lowest BCUT2D eigenvalue weighted by molar-refractivity contribution is -0.120. The minimum absolute atomic E-state index is 0.206. The van der Waals surface area contributed by atoms with E-state index >= 15 is 0 Å². The molecule has 7 heteroatoms. The summed E-state index contributed by atoms with van der Waals surface area (Å²) in [4.78, 5) is 12.2. The van der Waals surface area contributed by atoms with Crippen LogP contribution in [-0.2, 0) is 17.8 Å². The van der Waals surface area contributed by atoms with E-state index in [1.807, 2.05) is 62.4 Å². The van der Waals surface area contributed by atoms with E-state index < -0.39 is 0 Å². The van der Waals surface area contributed by atoms with Crippen molar-refractivity contribution >= 4 is 28.1 Å². The fraction of sp³-hybridized carbons (Fsp3) is 0.259. The van der Waals surface area contributed by atoms with E-state index in [4.69, 9.17) is 14.2 Å². The number of aryl methyl sites for hydroxylation is 1. The molecule has 1 amide bonds. The smallest absolute Gasteiger partial charge is 0.244 e. The Hall–Kier alpha value is -3.32. The first kappa shape index (κ1) is 25.3. The van der Waals surface area contributed by atoms with Gasteiger partial charge in [0.25, 0.3) is 0 Å². The Morgan fingerprint density at radius 3 is 2.29 bits per heavy atom. The number of ether oxygens (including phenoxy) is 3. The SMILES string of the molecule is CCOc1ccc(CC(=O)N/N=C\c2cc(Br)c(OCc3ccc(C)cc3)c(OCC)c2)cc1. The molecule has 6 nitrogen and oxygen atoms in total. The molecule has 0 atom stereocenters. The van der Waals surface area contributed by atoms with Gasteiger partial charge >= 0.3 is 0 Å². The lowest BCUT2D eigenvalue weighted by atomic mass is 10.1. The molecule has 34 heavy (non-hydrogen) atoms. The van der Waals surface area contributed by atoms with E-state index in [-0.39, 0.29) is 12.3 Å². The van der Waals surface area contributed by atoms with Crippen LogP contribution in [0.2, 0.25) is 0 Å². The molecule has 3 rings (SSSR count). The number of carbonyl (C=O) groups is 1. The Labute approximate surface area is 209 Å². The van der Waals surface area contributed by atoms with Crippen LogP contribution < -0.4 is 19.6 Å². The van der Waals surface area contributed by atoms with Crippen molar-refractivity contribution in [2.75, 3.05) is 13.2 Å². The fourth-order valence-corrected chi connectivity index (χ4v) is 3.75. The lowest BCUT2D eigenvalue weighted by Gasteiger charge is -2.15. The first-order valence-electron chi connectivity index (χ1n) is 11.2. The molecule has 0 radical (unpaired) electrons. The topological polar surface area (TPSA) is 69.2 Å². The summed E-state index contributed by atoms with van der Waals surface area (Å²) in [5, 5.41) is 4.09. The van der Waals surface area contributed by atoms with Gasteiger partial charge in [0.15, 0.2) is 11.5 Å². The highest BCUT2D eigenvalue weighted by molar-refractivity contribution is 9.10. The van der Waals surface area contributed by atoms with Gasteiger partial charge in [0, 0.05) is 0 Å². The zero-order chi connectivity index (χ0) is 24.3. The molecule has 0 saturated heterocycles. The van der Waals surface area contributed by atoms with E-state index in [1.54, 1.807) is 6.21 Å². The van der Waals surface area contributed by atoms with Gasteiger partial charge in [-0.05, 0) is 77.7 Å². The number of nitrogens with one attached hydrogen (secondary N) is 1. The molecule has 0 unspecified atom stereocenters. The van der Waals surface area contributed by atoms with Gasteiger partial charge in [-0.3, -0.25) is 4.79 Å². The van der Waals surface area contributed by atoms with Crippen LogP contribution in [0.4, 0.5) is 0 Å². The number of carbonyl (C=O) groups excluding carboxylic acids is 1. The molecule has 0 bridgehead atoms. The van der Waals surface area contributed by atoms with E-state index in [0.717, 1.165) is 26.9 Å². The number of halogens is 1. The van der Waals surface area contributed by atoms with Crippen molar-refractivity contribution < 1.29 is 19.0 Å². The van der Waals surface area contributed by atoms with Gasteiger partial charge in [-0.15, -0.1) is 0 Å². The molecule has 0 aromatic heterocycles. The summed E-state index contributed by atoms with van der Waals surface area (Å²) in [5.41, 5.74) is 6.49. The molecule has 0 aliphatic heterocycles. The van der Waals surface area contributed by atoms with Crippen molar-refractivity contribution in [1.29, 1.82) is 0 Å². The van der Waals surface area contributed by atoms with Crippen LogP contribution in [0.25, 0.3) is 0 Å². The van der Waals surface area contributed by atoms with Crippen LogP contribution in [0.15, 0.2) is 70.2 Å². The van der Waals surface area contributed by atoms with Gasteiger partial charge in [0.2, 0.25) is 5.91 Å². The second-order valence-electron chi connectivity index (χ2n) is 7.58. The molecule has 0 fully saturated rings. The molecule has 0 aliphatic carbocycles. The van der Waals surface area contributed by atoms with Crippen molar-refractivity contribution in [2.45, 2.75) is 33.8 Å². The maximum Gasteiger partial charge on any atom is 0.244 e. The zero-order valence-corrected chi connectivity index (χ0v) is 21.2. The molecule has 0 aliphatic rings. The summed E-state index contributed by atoms with van der Waals surface area (Å²) < 4.78 is 18.0. The fourth-order valence-electron chi connectivity index (χ4n) is 3.18. The quantitative estimate of drug-likeness (QED) is 0.253. The number of benzene rings is 3. The Morgan fingerprint density at radius 1 is 0.941 bits per heavy atom. The van der Waals surface area contributed by atoms with Crippen molar-refractivity contribution in [3.63, 3.8) is 0 Å². The highest BCUT2D eigenvalue weighted by Gasteiger charge is 2.12. The third-order valence-corrected chi connectivity index (χ3v) is 5.43. The largest absolute Gasteiger partial charge is 0.494 e. The van der Waals surface area contributed by atoms with Gasteiger partial charge in [0.1, 0.15) is 12.4 Å². The summed E-state index contributed by atoms with van der Waals surface area (Å²) in [6.07, 6.45) is 1.80. The third-order valence-electron chi connectivity index (χ3n) is 4.84. The van der Waals surface area contributed by atoms with Crippen LogP contribution in [-0.4, -0.2) is 25.3 Å². The number of amides is 1. The number of nitrogens with zero attached hydrogens (tertiary/aromatic N) is 1. The number of hydrogen-bond donors (Lipinski definition) is 1. The summed E-state index contributed by atoms with van der Waals surface area (Å²) in [6, 6.07) is 19.3. The molecule has 1 N–H and O–H groups in total. The number of hydrazone groups is 1. The normalized spacial score (nSPS) is 10.8. The lowest BCUT2D eigenvalue weighted by Crippen LogP contribution is -2.19. The minimum atomic E-state index is -0.206. The average molecular weight is 525 g/mol. The molecule has 3 aromatic rings. The van der Waals surface area contributed by atoms with Crippen LogP contribution >= 0.6 is 15.9 Å². The highest BCUT2D eigenvalue weighted by Crippen LogP contribution is 2.37. The number of rotatable bonds is 11. The summed E-state index contributed by atoms with van der Waals surface area (Å²) >= 11 is 3.57.